The molecule has 1 N–H and O–H groups in total. The van der Waals surface area contributed by atoms with Crippen LogP contribution in [0.4, 0.5) is 0 Å². The second-order valence-corrected chi connectivity index (χ2v) is 10.0. The average molecular weight is 491 g/mol. The summed E-state index contributed by atoms with van der Waals surface area (Å²) in [6.45, 7) is 2.23. The van der Waals surface area contributed by atoms with Gasteiger partial charge < -0.3 is 19.2 Å². The van der Waals surface area contributed by atoms with Crippen LogP contribution in [0.2, 0.25) is 0 Å². The molecule has 0 saturated carbocycles. The van der Waals surface area contributed by atoms with E-state index in [1.54, 1.807) is 61.5 Å². The molecule has 3 aromatic carbocycles. The molecule has 0 bridgehead atoms. The fraction of sp³-hybridized carbons (Fsp3) is 0.154. The molecule has 5 rings (SSSR count). The smallest absolute Gasteiger partial charge is 0.251 e. The summed E-state index contributed by atoms with van der Waals surface area (Å²) in [4.78, 5) is 17.2. The molecule has 0 atom stereocenters. The van der Waals surface area contributed by atoms with Crippen molar-refractivity contribution in [2.24, 2.45) is 0 Å². The Bertz CT molecular complexity index is 1480. The summed E-state index contributed by atoms with van der Waals surface area (Å²) in [6.07, 6.45) is 0. The number of fused-ring (bicyclic) bond motifs is 1. The summed E-state index contributed by atoms with van der Waals surface area (Å²) in [5.41, 5.74) is 2.37. The molecule has 178 valence electrons. The van der Waals surface area contributed by atoms with Crippen molar-refractivity contribution in [2.45, 2.75) is 24.1 Å². The van der Waals surface area contributed by atoms with Gasteiger partial charge in [-0.1, -0.05) is 24.3 Å². The first-order valence-corrected chi connectivity index (χ1v) is 12.6. The molecule has 0 saturated heterocycles. The van der Waals surface area contributed by atoms with Gasteiger partial charge in [0.1, 0.15) is 11.5 Å². The van der Waals surface area contributed by atoms with Crippen LogP contribution < -0.4 is 14.8 Å². The Balaban J connectivity index is 1.25. The molecule has 1 amide bonds. The molecule has 2 heterocycles. The van der Waals surface area contributed by atoms with E-state index in [4.69, 9.17) is 13.9 Å². The zero-order valence-corrected chi connectivity index (χ0v) is 19.7. The molecule has 1 aromatic heterocycles. The molecule has 8 nitrogen and oxygen atoms in total. The van der Waals surface area contributed by atoms with Crippen molar-refractivity contribution in [1.82, 2.24) is 10.3 Å². The van der Waals surface area contributed by atoms with E-state index in [0.717, 1.165) is 5.56 Å². The molecule has 0 unspecified atom stereocenters. The minimum Gasteiger partial charge on any atom is -0.454 e. The Morgan fingerprint density at radius 1 is 0.971 bits per heavy atom. The van der Waals surface area contributed by atoms with Crippen molar-refractivity contribution in [2.75, 3.05) is 6.79 Å². The Hall–Kier alpha value is -4.11. The van der Waals surface area contributed by atoms with E-state index in [1.807, 2.05) is 18.2 Å². The van der Waals surface area contributed by atoms with E-state index in [-0.39, 0.29) is 23.3 Å². The number of carbonyl (C=O) groups is 1. The van der Waals surface area contributed by atoms with Gasteiger partial charge in [-0.25, -0.2) is 13.4 Å². The second kappa shape index (κ2) is 9.27. The lowest BCUT2D eigenvalue weighted by Crippen LogP contribution is -2.22. The number of benzene rings is 3. The number of ether oxygens (including phenoxy) is 2. The molecule has 9 heteroatoms. The van der Waals surface area contributed by atoms with Gasteiger partial charge in [0.2, 0.25) is 12.7 Å². The fourth-order valence-corrected chi connectivity index (χ4v) is 5.04. The quantitative estimate of drug-likeness (QED) is 0.412. The Labute approximate surface area is 202 Å². The maximum Gasteiger partial charge on any atom is 0.251 e. The maximum atomic E-state index is 12.7. The van der Waals surface area contributed by atoms with Gasteiger partial charge in [-0.15, -0.1) is 0 Å². The molecular weight excluding hydrogens is 468 g/mol. The van der Waals surface area contributed by atoms with Crippen LogP contribution in [0.3, 0.4) is 0 Å². The molecule has 0 spiro atoms. The Morgan fingerprint density at radius 3 is 2.49 bits per heavy atom. The molecule has 0 fully saturated rings. The highest BCUT2D eigenvalue weighted by Crippen LogP contribution is 2.32. The predicted octanol–water partition coefficient (Wildman–Crippen LogP) is 4.28. The van der Waals surface area contributed by atoms with E-state index in [2.05, 4.69) is 10.3 Å². The highest BCUT2D eigenvalue weighted by atomic mass is 32.2. The van der Waals surface area contributed by atoms with Gasteiger partial charge in [0.05, 0.1) is 10.6 Å². The van der Waals surface area contributed by atoms with Crippen LogP contribution in [0, 0.1) is 6.92 Å². The lowest BCUT2D eigenvalue weighted by molar-refractivity contribution is 0.0951. The zero-order chi connectivity index (χ0) is 24.4. The SMILES string of the molecule is Cc1oc(-c2ccc(C(=O)NCc3ccc4c(c3)OCO4)cc2)nc1CS(=O)(=O)c1ccccc1. The van der Waals surface area contributed by atoms with Crippen molar-refractivity contribution in [3.05, 3.63) is 95.4 Å². The number of amides is 1. The highest BCUT2D eigenvalue weighted by Gasteiger charge is 2.21. The summed E-state index contributed by atoms with van der Waals surface area (Å²) in [6, 6.07) is 20.5. The summed E-state index contributed by atoms with van der Waals surface area (Å²) in [5.74, 6) is 1.61. The predicted molar refractivity (Wildman–Crippen MR) is 128 cm³/mol. The molecular formula is C26H22N2O6S. The van der Waals surface area contributed by atoms with E-state index in [0.29, 0.717) is 46.5 Å². The van der Waals surface area contributed by atoms with Gasteiger partial charge in [-0.2, -0.15) is 0 Å². The number of nitrogens with one attached hydrogen (secondary N) is 1. The number of hydrogen-bond donors (Lipinski definition) is 1. The third-order valence-corrected chi connectivity index (χ3v) is 7.25. The number of aromatic nitrogens is 1. The van der Waals surface area contributed by atoms with Crippen LogP contribution in [0.1, 0.15) is 27.4 Å². The highest BCUT2D eigenvalue weighted by molar-refractivity contribution is 7.90. The van der Waals surface area contributed by atoms with Crippen LogP contribution in [-0.2, 0) is 22.1 Å². The van der Waals surface area contributed by atoms with Crippen LogP contribution >= 0.6 is 0 Å². The lowest BCUT2D eigenvalue weighted by Gasteiger charge is -2.07. The molecule has 1 aliphatic heterocycles. The number of rotatable bonds is 7. The van der Waals surface area contributed by atoms with Crippen LogP contribution in [0.5, 0.6) is 11.5 Å². The molecule has 4 aromatic rings. The minimum absolute atomic E-state index is 0.200. The fourth-order valence-electron chi connectivity index (χ4n) is 3.68. The van der Waals surface area contributed by atoms with E-state index in [1.165, 1.54) is 0 Å². The van der Waals surface area contributed by atoms with Gasteiger partial charge in [0, 0.05) is 17.7 Å². The topological polar surface area (TPSA) is 108 Å². The first-order chi connectivity index (χ1) is 16.9. The van der Waals surface area contributed by atoms with Gasteiger partial charge >= 0.3 is 0 Å². The van der Waals surface area contributed by atoms with Gasteiger partial charge in [-0.3, -0.25) is 4.79 Å². The van der Waals surface area contributed by atoms with Crippen LogP contribution in [0.25, 0.3) is 11.5 Å². The molecule has 0 aliphatic carbocycles. The third kappa shape index (κ3) is 4.90. The van der Waals surface area contributed by atoms with Crippen molar-refractivity contribution in [1.29, 1.82) is 0 Å². The van der Waals surface area contributed by atoms with Crippen molar-refractivity contribution < 1.29 is 27.1 Å². The lowest BCUT2D eigenvalue weighted by atomic mass is 10.1. The van der Waals surface area contributed by atoms with Crippen LogP contribution in [0.15, 0.2) is 82.1 Å². The summed E-state index contributed by atoms with van der Waals surface area (Å²) >= 11 is 0. The van der Waals surface area contributed by atoms with Gasteiger partial charge in [-0.05, 0) is 61.0 Å². The maximum absolute atomic E-state index is 12.7. The number of aryl methyl sites for hydroxylation is 1. The molecule has 0 radical (unpaired) electrons. The first-order valence-electron chi connectivity index (χ1n) is 10.9. The van der Waals surface area contributed by atoms with E-state index >= 15 is 0 Å². The standard InChI is InChI=1S/C26H22N2O6S/c1-17-22(15-35(30,31)21-5-3-2-4-6-21)28-26(34-17)20-10-8-19(9-11-20)25(29)27-14-18-7-12-23-24(13-18)33-16-32-23/h2-13H,14-16H2,1H3,(H,27,29). The number of oxazole rings is 1. The van der Waals surface area contributed by atoms with E-state index < -0.39 is 9.84 Å². The number of hydrogen-bond acceptors (Lipinski definition) is 7. The number of carbonyl (C=O) groups excluding carboxylic acids is 1. The average Bonchev–Trinajstić information content (AvgIpc) is 3.49. The van der Waals surface area contributed by atoms with Gasteiger partial charge in [0.25, 0.3) is 5.91 Å². The Kier molecular flexibility index (Phi) is 6.00. The number of sulfone groups is 1. The Morgan fingerprint density at radius 2 is 1.71 bits per heavy atom. The van der Waals surface area contributed by atoms with E-state index in [9.17, 15) is 13.2 Å². The van der Waals surface area contributed by atoms with Gasteiger partial charge in [0.15, 0.2) is 21.3 Å². The summed E-state index contributed by atoms with van der Waals surface area (Å²) in [5, 5.41) is 2.88. The molecule has 35 heavy (non-hydrogen) atoms. The van der Waals surface area contributed by atoms with Crippen molar-refractivity contribution in [3.63, 3.8) is 0 Å². The normalized spacial score (nSPS) is 12.5. The first kappa shape index (κ1) is 22.7. The second-order valence-electron chi connectivity index (χ2n) is 8.04. The zero-order valence-electron chi connectivity index (χ0n) is 18.9. The molecule has 1 aliphatic rings. The summed E-state index contributed by atoms with van der Waals surface area (Å²) < 4.78 is 41.8. The third-order valence-electron chi connectivity index (χ3n) is 5.61. The largest absolute Gasteiger partial charge is 0.454 e. The summed E-state index contributed by atoms with van der Waals surface area (Å²) in [7, 11) is -3.55. The van der Waals surface area contributed by atoms with Crippen molar-refractivity contribution in [3.8, 4) is 23.0 Å². The number of nitrogens with zero attached hydrogens (tertiary/aromatic N) is 1. The minimum atomic E-state index is -3.55. The monoisotopic (exact) mass is 490 g/mol. The van der Waals surface area contributed by atoms with Crippen LogP contribution in [-0.4, -0.2) is 26.1 Å². The van der Waals surface area contributed by atoms with Crippen molar-refractivity contribution >= 4 is 15.7 Å².